The van der Waals surface area contributed by atoms with Crippen LogP contribution >= 0.6 is 0 Å². The van der Waals surface area contributed by atoms with Crippen molar-refractivity contribution in [1.82, 2.24) is 15.1 Å². The number of halogens is 1. The number of aliphatic hydroxyl groups excluding tert-OH is 1. The lowest BCUT2D eigenvalue weighted by Gasteiger charge is -2.12. The molecule has 2 aromatic rings. The van der Waals surface area contributed by atoms with Crippen LogP contribution in [0.4, 0.5) is 14.9 Å². The Bertz CT molecular complexity index is 612. The Kier molecular flexibility index (Phi) is 5.48. The van der Waals surface area contributed by atoms with Gasteiger partial charge >= 0.3 is 6.03 Å². The van der Waals surface area contributed by atoms with Crippen molar-refractivity contribution in [3.05, 3.63) is 48.0 Å². The van der Waals surface area contributed by atoms with Crippen LogP contribution < -0.4 is 10.6 Å². The molecular formula is C15H19FN4O2. The minimum atomic E-state index is -0.894. The summed E-state index contributed by atoms with van der Waals surface area (Å²) < 4.78 is 14.5. The Labute approximate surface area is 128 Å². The molecule has 2 amide bonds. The van der Waals surface area contributed by atoms with Gasteiger partial charge in [-0.3, -0.25) is 4.68 Å². The van der Waals surface area contributed by atoms with Gasteiger partial charge in [0.05, 0.1) is 18.0 Å². The first-order chi connectivity index (χ1) is 10.6. The molecule has 7 heteroatoms. The molecule has 1 heterocycles. The zero-order chi connectivity index (χ0) is 15.9. The van der Waals surface area contributed by atoms with Crippen LogP contribution in [-0.2, 0) is 6.54 Å². The van der Waals surface area contributed by atoms with Crippen LogP contribution in [0.25, 0.3) is 0 Å². The summed E-state index contributed by atoms with van der Waals surface area (Å²) >= 11 is 0. The van der Waals surface area contributed by atoms with Crippen molar-refractivity contribution in [3.8, 4) is 0 Å². The maximum atomic E-state index is 12.8. The van der Waals surface area contributed by atoms with E-state index in [2.05, 4.69) is 15.7 Å². The Morgan fingerprint density at radius 3 is 2.82 bits per heavy atom. The quantitative estimate of drug-likeness (QED) is 0.766. The number of amides is 2. The van der Waals surface area contributed by atoms with Gasteiger partial charge in [0.25, 0.3) is 0 Å². The third-order valence-corrected chi connectivity index (χ3v) is 3.05. The van der Waals surface area contributed by atoms with E-state index in [0.717, 1.165) is 13.0 Å². The lowest BCUT2D eigenvalue weighted by molar-refractivity contribution is 0.175. The van der Waals surface area contributed by atoms with E-state index in [0.29, 0.717) is 11.3 Å². The van der Waals surface area contributed by atoms with Crippen LogP contribution in [-0.4, -0.2) is 27.5 Å². The standard InChI is InChI=1S/C15H19FN4O2/c1-2-7-20-10-13(8-18-20)19-15(22)17-9-14(21)11-3-5-12(16)6-4-11/h3-6,8,10,14,21H,2,7,9H2,1H3,(H2,17,19,22). The van der Waals surface area contributed by atoms with Crippen LogP contribution in [0.2, 0.25) is 0 Å². The van der Waals surface area contributed by atoms with Crippen LogP contribution in [0.1, 0.15) is 25.0 Å². The van der Waals surface area contributed by atoms with Gasteiger partial charge in [-0.2, -0.15) is 5.10 Å². The van der Waals surface area contributed by atoms with Crippen molar-refractivity contribution in [2.24, 2.45) is 0 Å². The number of nitrogens with zero attached hydrogens (tertiary/aromatic N) is 2. The maximum absolute atomic E-state index is 12.8. The van der Waals surface area contributed by atoms with E-state index in [1.807, 2.05) is 6.92 Å². The van der Waals surface area contributed by atoms with Gasteiger partial charge in [-0.15, -0.1) is 0 Å². The number of anilines is 1. The van der Waals surface area contributed by atoms with Crippen molar-refractivity contribution >= 4 is 11.7 Å². The number of aryl methyl sites for hydroxylation is 1. The summed E-state index contributed by atoms with van der Waals surface area (Å²) in [4.78, 5) is 11.7. The Morgan fingerprint density at radius 1 is 1.41 bits per heavy atom. The molecule has 1 aromatic carbocycles. The third kappa shape index (κ3) is 4.56. The number of aromatic nitrogens is 2. The van der Waals surface area contributed by atoms with Crippen LogP contribution in [0.15, 0.2) is 36.7 Å². The molecule has 1 unspecified atom stereocenters. The fourth-order valence-electron chi connectivity index (χ4n) is 1.95. The predicted octanol–water partition coefficient (Wildman–Crippen LogP) is 2.29. The van der Waals surface area contributed by atoms with Crippen molar-refractivity contribution < 1.29 is 14.3 Å². The molecule has 0 aliphatic heterocycles. The monoisotopic (exact) mass is 306 g/mol. The van der Waals surface area contributed by atoms with Gasteiger partial charge in [0, 0.05) is 19.3 Å². The molecule has 2 rings (SSSR count). The zero-order valence-corrected chi connectivity index (χ0v) is 12.3. The van der Waals surface area contributed by atoms with E-state index in [1.54, 1.807) is 17.1 Å². The van der Waals surface area contributed by atoms with Gasteiger partial charge < -0.3 is 15.7 Å². The van der Waals surface area contributed by atoms with E-state index in [1.165, 1.54) is 24.3 Å². The molecule has 0 aliphatic carbocycles. The van der Waals surface area contributed by atoms with E-state index >= 15 is 0 Å². The van der Waals surface area contributed by atoms with Crippen LogP contribution in [0.3, 0.4) is 0 Å². The average Bonchev–Trinajstić information content (AvgIpc) is 2.93. The number of rotatable bonds is 6. The highest BCUT2D eigenvalue weighted by molar-refractivity contribution is 5.88. The molecule has 0 aliphatic rings. The summed E-state index contributed by atoms with van der Waals surface area (Å²) in [6, 6.07) is 5.06. The summed E-state index contributed by atoms with van der Waals surface area (Å²) in [5.41, 5.74) is 1.12. The topological polar surface area (TPSA) is 79.2 Å². The van der Waals surface area contributed by atoms with Gasteiger partial charge in [-0.1, -0.05) is 19.1 Å². The highest BCUT2D eigenvalue weighted by Gasteiger charge is 2.10. The molecule has 118 valence electrons. The minimum absolute atomic E-state index is 0.0283. The Balaban J connectivity index is 1.80. The fraction of sp³-hybridized carbons (Fsp3) is 0.333. The predicted molar refractivity (Wildman–Crippen MR) is 80.9 cm³/mol. The van der Waals surface area contributed by atoms with Crippen molar-refractivity contribution in [1.29, 1.82) is 0 Å². The van der Waals surface area contributed by atoms with Crippen LogP contribution in [0, 0.1) is 5.82 Å². The van der Waals surface area contributed by atoms with Gasteiger partial charge in [0.15, 0.2) is 0 Å². The lowest BCUT2D eigenvalue weighted by Crippen LogP contribution is -2.32. The smallest absolute Gasteiger partial charge is 0.319 e. The number of benzene rings is 1. The van der Waals surface area contributed by atoms with Crippen molar-refractivity contribution in [3.63, 3.8) is 0 Å². The summed E-state index contributed by atoms with van der Waals surface area (Å²) in [5, 5.41) is 19.2. The molecule has 0 spiro atoms. The first-order valence-electron chi connectivity index (χ1n) is 7.09. The van der Waals surface area contributed by atoms with Crippen molar-refractivity contribution in [2.45, 2.75) is 26.0 Å². The van der Waals surface area contributed by atoms with E-state index in [4.69, 9.17) is 0 Å². The number of carbonyl (C=O) groups excluding carboxylic acids is 1. The zero-order valence-electron chi connectivity index (χ0n) is 12.3. The molecule has 0 bridgehead atoms. The SMILES string of the molecule is CCCn1cc(NC(=O)NCC(O)c2ccc(F)cc2)cn1. The second-order valence-corrected chi connectivity index (χ2v) is 4.89. The maximum Gasteiger partial charge on any atom is 0.319 e. The molecule has 1 atom stereocenters. The second-order valence-electron chi connectivity index (χ2n) is 4.89. The lowest BCUT2D eigenvalue weighted by atomic mass is 10.1. The van der Waals surface area contributed by atoms with E-state index in [-0.39, 0.29) is 12.4 Å². The number of hydrogen-bond acceptors (Lipinski definition) is 3. The third-order valence-electron chi connectivity index (χ3n) is 3.05. The number of aliphatic hydroxyl groups is 1. The normalized spacial score (nSPS) is 12.0. The first kappa shape index (κ1) is 16.0. The van der Waals surface area contributed by atoms with Crippen LogP contribution in [0.5, 0.6) is 0 Å². The van der Waals surface area contributed by atoms with Gasteiger partial charge in [0.1, 0.15) is 5.82 Å². The Morgan fingerprint density at radius 2 is 2.14 bits per heavy atom. The summed E-state index contributed by atoms with van der Waals surface area (Å²) in [6.45, 7) is 2.85. The second kappa shape index (κ2) is 7.56. The molecule has 0 radical (unpaired) electrons. The van der Waals surface area contributed by atoms with E-state index < -0.39 is 12.1 Å². The molecule has 0 saturated carbocycles. The summed E-state index contributed by atoms with van der Waals surface area (Å²) in [7, 11) is 0. The Hall–Kier alpha value is -2.41. The van der Waals surface area contributed by atoms with Gasteiger partial charge in [0.2, 0.25) is 0 Å². The van der Waals surface area contributed by atoms with Gasteiger partial charge in [-0.25, -0.2) is 9.18 Å². The summed E-state index contributed by atoms with van der Waals surface area (Å²) in [5.74, 6) is -0.370. The fourth-order valence-corrected chi connectivity index (χ4v) is 1.95. The molecule has 22 heavy (non-hydrogen) atoms. The van der Waals surface area contributed by atoms with E-state index in [9.17, 15) is 14.3 Å². The summed E-state index contributed by atoms with van der Waals surface area (Å²) in [6.07, 6.45) is 3.36. The number of nitrogens with one attached hydrogen (secondary N) is 2. The molecule has 1 aromatic heterocycles. The van der Waals surface area contributed by atoms with Gasteiger partial charge in [-0.05, 0) is 24.1 Å². The number of hydrogen-bond donors (Lipinski definition) is 3. The minimum Gasteiger partial charge on any atom is -0.387 e. The number of urea groups is 1. The largest absolute Gasteiger partial charge is 0.387 e. The molecule has 3 N–H and O–H groups in total. The first-order valence-corrected chi connectivity index (χ1v) is 7.09. The molecule has 0 saturated heterocycles. The molecular weight excluding hydrogens is 287 g/mol. The van der Waals surface area contributed by atoms with Crippen molar-refractivity contribution in [2.75, 3.05) is 11.9 Å². The number of carbonyl (C=O) groups is 1. The highest BCUT2D eigenvalue weighted by atomic mass is 19.1. The molecule has 0 fully saturated rings. The molecule has 6 nitrogen and oxygen atoms in total. The highest BCUT2D eigenvalue weighted by Crippen LogP contribution is 2.12. The average molecular weight is 306 g/mol.